The molecule has 1 N–H and O–H groups in total. The predicted octanol–water partition coefficient (Wildman–Crippen LogP) is 1.98. The summed E-state index contributed by atoms with van der Waals surface area (Å²) in [7, 11) is 3.53. The van der Waals surface area contributed by atoms with Gasteiger partial charge >= 0.3 is 0 Å². The first-order valence-corrected chi connectivity index (χ1v) is 8.83. The maximum atomic E-state index is 5.92. The average Bonchev–Trinajstić information content (AvgIpc) is 3.12. The van der Waals surface area contributed by atoms with Crippen molar-refractivity contribution in [3.05, 3.63) is 41.9 Å². The lowest BCUT2D eigenvalue weighted by Gasteiger charge is -2.34. The summed E-state index contributed by atoms with van der Waals surface area (Å²) in [5.74, 6) is 1.47. The van der Waals surface area contributed by atoms with Gasteiger partial charge in [0.2, 0.25) is 5.88 Å². The number of nitrogens with one attached hydrogen (secondary N) is 1. The van der Waals surface area contributed by atoms with Crippen LogP contribution in [0.2, 0.25) is 0 Å². The number of methoxy groups -OCH3 is 1. The summed E-state index contributed by atoms with van der Waals surface area (Å²) in [6.07, 6.45) is 3.85. The largest absolute Gasteiger partial charge is 0.481 e. The number of guanidine groups is 1. The van der Waals surface area contributed by atoms with E-state index in [0.717, 1.165) is 36.9 Å². The maximum Gasteiger partial charge on any atom is 0.213 e. The van der Waals surface area contributed by atoms with Gasteiger partial charge in [0.25, 0.3) is 0 Å². The fourth-order valence-electron chi connectivity index (χ4n) is 2.89. The third kappa shape index (κ3) is 5.80. The highest BCUT2D eigenvalue weighted by atomic mass is 127. The summed E-state index contributed by atoms with van der Waals surface area (Å²) < 4.78 is 12.9. The molecule has 0 spiro atoms. The van der Waals surface area contributed by atoms with Gasteiger partial charge in [0.15, 0.2) is 5.96 Å². The Kier molecular flexibility index (Phi) is 8.29. The van der Waals surface area contributed by atoms with Crippen molar-refractivity contribution in [1.29, 1.82) is 0 Å². The van der Waals surface area contributed by atoms with Crippen molar-refractivity contribution in [1.82, 2.24) is 25.0 Å². The van der Waals surface area contributed by atoms with E-state index in [4.69, 9.17) is 14.5 Å². The molecule has 1 saturated heterocycles. The molecule has 0 radical (unpaired) electrons. The lowest BCUT2D eigenvalue weighted by atomic mass is 10.1. The quantitative estimate of drug-likeness (QED) is 0.396. The standard InChI is InChI=1S/C18H26N6O2.HI/c1-4-19-18(20-11-15-6-5-7-17(22-15)25-3)24-8-9-26-16(13-24)14-10-21-23(2)12-14;/h5-7,10,12,16H,4,8-9,11,13H2,1-3H3,(H,19,20);1H. The molecule has 0 saturated carbocycles. The van der Waals surface area contributed by atoms with Gasteiger partial charge in [-0.15, -0.1) is 24.0 Å². The topological polar surface area (TPSA) is 76.8 Å². The predicted molar refractivity (Wildman–Crippen MR) is 114 cm³/mol. The number of rotatable bonds is 5. The highest BCUT2D eigenvalue weighted by Gasteiger charge is 2.25. The number of pyridine rings is 1. The lowest BCUT2D eigenvalue weighted by Crippen LogP contribution is -2.48. The molecule has 1 aliphatic rings. The van der Waals surface area contributed by atoms with Gasteiger partial charge in [-0.2, -0.15) is 5.10 Å². The summed E-state index contributed by atoms with van der Waals surface area (Å²) in [5, 5.41) is 7.61. The molecule has 148 valence electrons. The van der Waals surface area contributed by atoms with Crippen molar-refractivity contribution in [2.45, 2.75) is 19.6 Å². The van der Waals surface area contributed by atoms with Crippen LogP contribution in [0.1, 0.15) is 24.3 Å². The molecule has 1 atom stereocenters. The molecule has 1 aliphatic heterocycles. The normalized spacial score (nSPS) is 17.4. The van der Waals surface area contributed by atoms with E-state index in [-0.39, 0.29) is 30.1 Å². The molecule has 0 bridgehead atoms. The van der Waals surface area contributed by atoms with Crippen LogP contribution in [-0.4, -0.2) is 59.0 Å². The second kappa shape index (κ2) is 10.5. The number of ether oxygens (including phenoxy) is 2. The van der Waals surface area contributed by atoms with Crippen LogP contribution >= 0.6 is 24.0 Å². The van der Waals surface area contributed by atoms with Crippen molar-refractivity contribution in [2.24, 2.45) is 12.0 Å². The monoisotopic (exact) mass is 486 g/mol. The number of hydrogen-bond acceptors (Lipinski definition) is 5. The van der Waals surface area contributed by atoms with Gasteiger partial charge in [0.05, 0.1) is 38.7 Å². The van der Waals surface area contributed by atoms with Crippen LogP contribution in [0.25, 0.3) is 0 Å². The van der Waals surface area contributed by atoms with Crippen LogP contribution in [0.4, 0.5) is 0 Å². The van der Waals surface area contributed by atoms with E-state index in [9.17, 15) is 0 Å². The third-order valence-electron chi connectivity index (χ3n) is 4.18. The van der Waals surface area contributed by atoms with E-state index in [1.807, 2.05) is 37.6 Å². The Hall–Kier alpha value is -1.88. The molecule has 1 fully saturated rings. The number of aromatic nitrogens is 3. The number of hydrogen-bond donors (Lipinski definition) is 1. The fraction of sp³-hybridized carbons (Fsp3) is 0.500. The minimum absolute atomic E-state index is 0. The third-order valence-corrected chi connectivity index (χ3v) is 4.18. The summed E-state index contributed by atoms with van der Waals surface area (Å²) in [4.78, 5) is 11.4. The summed E-state index contributed by atoms with van der Waals surface area (Å²) in [5.41, 5.74) is 1.96. The van der Waals surface area contributed by atoms with Crippen LogP contribution in [-0.2, 0) is 18.3 Å². The van der Waals surface area contributed by atoms with E-state index in [1.165, 1.54) is 0 Å². The summed E-state index contributed by atoms with van der Waals surface area (Å²) in [6, 6.07) is 5.71. The molecule has 1 unspecified atom stereocenters. The SMILES string of the molecule is CCNC(=NCc1cccc(OC)n1)N1CCOC(c2cnn(C)c2)C1.I. The van der Waals surface area contributed by atoms with Gasteiger partial charge in [-0.25, -0.2) is 9.98 Å². The van der Waals surface area contributed by atoms with Crippen LogP contribution in [0, 0.1) is 0 Å². The van der Waals surface area contributed by atoms with Crippen LogP contribution in [0.15, 0.2) is 35.6 Å². The van der Waals surface area contributed by atoms with E-state index >= 15 is 0 Å². The van der Waals surface area contributed by atoms with E-state index in [1.54, 1.807) is 11.8 Å². The maximum absolute atomic E-state index is 5.92. The molecule has 0 aliphatic carbocycles. The first-order valence-electron chi connectivity index (χ1n) is 8.83. The van der Waals surface area contributed by atoms with Gasteiger partial charge in [-0.05, 0) is 13.0 Å². The van der Waals surface area contributed by atoms with Crippen molar-refractivity contribution in [3.8, 4) is 5.88 Å². The first kappa shape index (κ1) is 21.4. The van der Waals surface area contributed by atoms with Gasteiger partial charge < -0.3 is 19.7 Å². The molecule has 2 aromatic heterocycles. The Morgan fingerprint density at radius 2 is 2.30 bits per heavy atom. The number of aryl methyl sites for hydroxylation is 1. The zero-order valence-electron chi connectivity index (χ0n) is 16.0. The second-order valence-corrected chi connectivity index (χ2v) is 6.09. The smallest absolute Gasteiger partial charge is 0.213 e. The Morgan fingerprint density at radius 1 is 1.44 bits per heavy atom. The molecule has 2 aromatic rings. The van der Waals surface area contributed by atoms with E-state index in [2.05, 4.69) is 27.2 Å². The molecule has 0 aromatic carbocycles. The molecular weight excluding hydrogens is 459 g/mol. The second-order valence-electron chi connectivity index (χ2n) is 6.09. The molecule has 3 heterocycles. The van der Waals surface area contributed by atoms with Gasteiger partial charge in [-0.3, -0.25) is 4.68 Å². The molecule has 27 heavy (non-hydrogen) atoms. The molecule has 8 nitrogen and oxygen atoms in total. The zero-order valence-corrected chi connectivity index (χ0v) is 18.3. The zero-order chi connectivity index (χ0) is 18.4. The van der Waals surface area contributed by atoms with Crippen LogP contribution in [0.5, 0.6) is 5.88 Å². The van der Waals surface area contributed by atoms with Gasteiger partial charge in [0.1, 0.15) is 6.10 Å². The Morgan fingerprint density at radius 3 is 3.00 bits per heavy atom. The number of halogens is 1. The van der Waals surface area contributed by atoms with Crippen LogP contribution in [0.3, 0.4) is 0 Å². The van der Waals surface area contributed by atoms with E-state index < -0.39 is 0 Å². The van der Waals surface area contributed by atoms with Crippen molar-refractivity contribution >= 4 is 29.9 Å². The van der Waals surface area contributed by atoms with Crippen molar-refractivity contribution < 1.29 is 9.47 Å². The Bertz CT molecular complexity index is 751. The first-order chi connectivity index (χ1) is 12.7. The van der Waals surface area contributed by atoms with Crippen molar-refractivity contribution in [3.63, 3.8) is 0 Å². The number of nitrogens with zero attached hydrogens (tertiary/aromatic N) is 5. The van der Waals surface area contributed by atoms with Gasteiger partial charge in [-0.1, -0.05) is 6.07 Å². The molecule has 0 amide bonds. The molecular formula is C18H27IN6O2. The highest BCUT2D eigenvalue weighted by Crippen LogP contribution is 2.21. The highest BCUT2D eigenvalue weighted by molar-refractivity contribution is 14.0. The molecule has 3 rings (SSSR count). The van der Waals surface area contributed by atoms with Crippen LogP contribution < -0.4 is 10.1 Å². The minimum Gasteiger partial charge on any atom is -0.481 e. The summed E-state index contributed by atoms with van der Waals surface area (Å²) >= 11 is 0. The number of morpholine rings is 1. The minimum atomic E-state index is -0.00347. The average molecular weight is 486 g/mol. The fourth-order valence-corrected chi connectivity index (χ4v) is 2.89. The van der Waals surface area contributed by atoms with Gasteiger partial charge in [0, 0.05) is 38.0 Å². The van der Waals surface area contributed by atoms with E-state index in [0.29, 0.717) is 19.0 Å². The lowest BCUT2D eigenvalue weighted by molar-refractivity contribution is -0.00805. The Balaban J connectivity index is 0.00000261. The number of aliphatic imine (C=N–C) groups is 1. The van der Waals surface area contributed by atoms with Crippen molar-refractivity contribution in [2.75, 3.05) is 33.4 Å². The molecule has 9 heteroatoms. The Labute approximate surface area is 177 Å². The summed E-state index contributed by atoms with van der Waals surface area (Å²) in [6.45, 7) is 5.56.